The molecule has 7 heteroatoms. The number of hydrogen-bond donors (Lipinski definition) is 1. The van der Waals surface area contributed by atoms with Crippen molar-refractivity contribution in [1.82, 2.24) is 14.9 Å². The molecule has 0 bridgehead atoms. The summed E-state index contributed by atoms with van der Waals surface area (Å²) < 4.78 is 0. The molecule has 0 aliphatic heterocycles. The Hall–Kier alpha value is -1.40. The minimum Gasteiger partial charge on any atom is -0.360 e. The molecule has 0 saturated heterocycles. The van der Waals surface area contributed by atoms with Crippen molar-refractivity contribution in [3.8, 4) is 0 Å². The molecule has 0 saturated carbocycles. The number of fused-ring (bicyclic) bond motifs is 1. The highest BCUT2D eigenvalue weighted by Crippen LogP contribution is 2.29. The van der Waals surface area contributed by atoms with Gasteiger partial charge in [-0.3, -0.25) is 4.79 Å². The number of aryl methyl sites for hydroxylation is 1. The van der Waals surface area contributed by atoms with E-state index < -0.39 is 0 Å². The van der Waals surface area contributed by atoms with E-state index in [1.807, 2.05) is 26.8 Å². The summed E-state index contributed by atoms with van der Waals surface area (Å²) in [7, 11) is 0. The third kappa shape index (κ3) is 3.19. The number of nitrogens with zero attached hydrogens (tertiary/aromatic N) is 3. The summed E-state index contributed by atoms with van der Waals surface area (Å²) in [5.41, 5.74) is 0. The van der Waals surface area contributed by atoms with Gasteiger partial charge in [0.05, 0.1) is 11.9 Å². The molecule has 2 aromatic heterocycles. The van der Waals surface area contributed by atoms with Crippen molar-refractivity contribution in [1.29, 1.82) is 0 Å². The fourth-order valence-corrected chi connectivity index (χ4v) is 3.10. The number of aromatic nitrogens is 2. The van der Waals surface area contributed by atoms with Crippen LogP contribution in [0.1, 0.15) is 18.7 Å². The first-order valence-electron chi connectivity index (χ1n) is 6.50. The predicted molar refractivity (Wildman–Crippen MR) is 83.6 cm³/mol. The van der Waals surface area contributed by atoms with Crippen LogP contribution in [0.2, 0.25) is 5.28 Å². The highest BCUT2D eigenvalue weighted by molar-refractivity contribution is 7.18. The van der Waals surface area contributed by atoms with Gasteiger partial charge in [0.1, 0.15) is 10.6 Å². The Morgan fingerprint density at radius 2 is 2.10 bits per heavy atom. The molecule has 2 rings (SSSR count). The predicted octanol–water partition coefficient (Wildman–Crippen LogP) is 2.93. The summed E-state index contributed by atoms with van der Waals surface area (Å²) in [4.78, 5) is 24.1. The molecule has 0 atom stereocenters. The normalized spacial score (nSPS) is 10.8. The molecule has 0 aliphatic carbocycles. The van der Waals surface area contributed by atoms with Gasteiger partial charge in [0.2, 0.25) is 11.2 Å². The van der Waals surface area contributed by atoms with E-state index in [1.165, 1.54) is 0 Å². The molecule has 0 aromatic carbocycles. The zero-order chi connectivity index (χ0) is 14.7. The molecule has 2 aromatic rings. The first kappa shape index (κ1) is 15.0. The number of hydrogen-bond acceptors (Lipinski definition) is 5. The number of nitrogens with one attached hydrogen (secondary N) is 1. The zero-order valence-corrected chi connectivity index (χ0v) is 13.3. The second-order valence-electron chi connectivity index (χ2n) is 4.34. The number of anilines is 1. The zero-order valence-electron chi connectivity index (χ0n) is 11.7. The van der Waals surface area contributed by atoms with Crippen LogP contribution in [0, 0.1) is 6.92 Å². The first-order chi connectivity index (χ1) is 9.55. The second-order valence-corrected chi connectivity index (χ2v) is 5.91. The Labute approximate surface area is 127 Å². The summed E-state index contributed by atoms with van der Waals surface area (Å²) in [5, 5.41) is 4.17. The van der Waals surface area contributed by atoms with E-state index in [0.717, 1.165) is 15.1 Å². The van der Waals surface area contributed by atoms with Crippen molar-refractivity contribution in [2.75, 3.05) is 25.0 Å². The average Bonchev–Trinajstić information content (AvgIpc) is 2.77. The summed E-state index contributed by atoms with van der Waals surface area (Å²) in [6.45, 7) is 7.54. The maximum Gasteiger partial charge on any atom is 0.241 e. The molecule has 0 radical (unpaired) electrons. The lowest BCUT2D eigenvalue weighted by atomic mass is 10.3. The lowest BCUT2D eigenvalue weighted by Gasteiger charge is -2.19. The molecule has 0 unspecified atom stereocenters. The van der Waals surface area contributed by atoms with Crippen molar-refractivity contribution in [3.63, 3.8) is 0 Å². The molecule has 108 valence electrons. The Morgan fingerprint density at radius 1 is 1.40 bits per heavy atom. The van der Waals surface area contributed by atoms with Gasteiger partial charge in [-0.2, -0.15) is 0 Å². The van der Waals surface area contributed by atoms with Gasteiger partial charge in [-0.05, 0) is 38.4 Å². The number of likely N-dealkylation sites (N-methyl/N-ethyl adjacent to an activating group) is 1. The van der Waals surface area contributed by atoms with Crippen LogP contribution in [-0.4, -0.2) is 40.4 Å². The number of carbonyl (C=O) groups is 1. The standard InChI is InChI=1S/C13H17ClN4OS/c1-4-18(5-2)10(19)7-15-11-9-6-8(3)20-12(9)17-13(14)16-11/h6H,4-5,7H2,1-3H3,(H,15,16,17). The number of rotatable bonds is 5. The molecule has 1 amide bonds. The average molecular weight is 313 g/mol. The van der Waals surface area contributed by atoms with Crippen LogP contribution in [0.5, 0.6) is 0 Å². The van der Waals surface area contributed by atoms with Crippen molar-refractivity contribution in [2.24, 2.45) is 0 Å². The van der Waals surface area contributed by atoms with Crippen molar-refractivity contribution < 1.29 is 4.79 Å². The summed E-state index contributed by atoms with van der Waals surface area (Å²) in [6, 6.07) is 2.00. The first-order valence-corrected chi connectivity index (χ1v) is 7.69. The Morgan fingerprint density at radius 3 is 2.75 bits per heavy atom. The van der Waals surface area contributed by atoms with Crippen molar-refractivity contribution in [3.05, 3.63) is 16.2 Å². The summed E-state index contributed by atoms with van der Waals surface area (Å²) in [6.07, 6.45) is 0. The smallest absolute Gasteiger partial charge is 0.241 e. The molecular formula is C13H17ClN4OS. The molecular weight excluding hydrogens is 296 g/mol. The van der Waals surface area contributed by atoms with Crippen LogP contribution in [0.15, 0.2) is 6.07 Å². The second kappa shape index (κ2) is 6.37. The fraction of sp³-hybridized carbons (Fsp3) is 0.462. The minimum absolute atomic E-state index is 0.0461. The summed E-state index contributed by atoms with van der Waals surface area (Å²) in [5.74, 6) is 0.662. The summed E-state index contributed by atoms with van der Waals surface area (Å²) >= 11 is 7.47. The van der Waals surface area contributed by atoms with E-state index in [2.05, 4.69) is 15.3 Å². The van der Waals surface area contributed by atoms with E-state index in [-0.39, 0.29) is 17.7 Å². The highest BCUT2D eigenvalue weighted by Gasteiger charge is 2.13. The lowest BCUT2D eigenvalue weighted by Crippen LogP contribution is -2.35. The fourth-order valence-electron chi connectivity index (χ4n) is 2.00. The van der Waals surface area contributed by atoms with Crippen molar-refractivity contribution in [2.45, 2.75) is 20.8 Å². The number of thiophene rings is 1. The van der Waals surface area contributed by atoms with Crippen LogP contribution in [-0.2, 0) is 4.79 Å². The van der Waals surface area contributed by atoms with E-state index in [0.29, 0.717) is 18.9 Å². The Bertz CT molecular complexity index is 624. The quantitative estimate of drug-likeness (QED) is 0.862. The Kier molecular flexibility index (Phi) is 4.77. The molecule has 5 nitrogen and oxygen atoms in total. The maximum absolute atomic E-state index is 12.0. The minimum atomic E-state index is 0.0461. The van der Waals surface area contributed by atoms with Crippen LogP contribution in [0.4, 0.5) is 5.82 Å². The van der Waals surface area contributed by atoms with Crippen LogP contribution in [0.3, 0.4) is 0 Å². The van der Waals surface area contributed by atoms with Gasteiger partial charge < -0.3 is 10.2 Å². The van der Waals surface area contributed by atoms with Gasteiger partial charge in [-0.1, -0.05) is 0 Å². The molecule has 1 N–H and O–H groups in total. The monoisotopic (exact) mass is 312 g/mol. The third-order valence-corrected chi connectivity index (χ3v) is 4.13. The van der Waals surface area contributed by atoms with Gasteiger partial charge in [-0.25, -0.2) is 9.97 Å². The van der Waals surface area contributed by atoms with E-state index in [1.54, 1.807) is 16.2 Å². The van der Waals surface area contributed by atoms with Gasteiger partial charge in [-0.15, -0.1) is 11.3 Å². The van der Waals surface area contributed by atoms with Gasteiger partial charge in [0.25, 0.3) is 0 Å². The van der Waals surface area contributed by atoms with Gasteiger partial charge >= 0.3 is 0 Å². The molecule has 2 heterocycles. The molecule has 0 fully saturated rings. The van der Waals surface area contributed by atoms with Gasteiger partial charge in [0.15, 0.2) is 0 Å². The number of amides is 1. The largest absolute Gasteiger partial charge is 0.360 e. The number of halogens is 1. The Balaban J connectivity index is 2.19. The highest BCUT2D eigenvalue weighted by atomic mass is 35.5. The molecule has 20 heavy (non-hydrogen) atoms. The third-order valence-electron chi connectivity index (χ3n) is 3.01. The van der Waals surface area contributed by atoms with E-state index in [4.69, 9.17) is 11.6 Å². The number of carbonyl (C=O) groups excluding carboxylic acids is 1. The SMILES string of the molecule is CCN(CC)C(=O)CNc1nc(Cl)nc2sc(C)cc12. The van der Waals surface area contributed by atoms with Gasteiger partial charge in [0, 0.05) is 18.0 Å². The van der Waals surface area contributed by atoms with Crippen LogP contribution >= 0.6 is 22.9 Å². The van der Waals surface area contributed by atoms with E-state index in [9.17, 15) is 4.79 Å². The molecule has 0 spiro atoms. The topological polar surface area (TPSA) is 58.1 Å². The lowest BCUT2D eigenvalue weighted by molar-refractivity contribution is -0.128. The van der Waals surface area contributed by atoms with Crippen LogP contribution in [0.25, 0.3) is 10.2 Å². The molecule has 0 aliphatic rings. The van der Waals surface area contributed by atoms with Crippen molar-refractivity contribution >= 4 is 44.9 Å². The van der Waals surface area contributed by atoms with Crippen LogP contribution < -0.4 is 5.32 Å². The van der Waals surface area contributed by atoms with E-state index >= 15 is 0 Å². The maximum atomic E-state index is 12.0.